The van der Waals surface area contributed by atoms with Gasteiger partial charge in [-0.05, 0) is 63.6 Å². The molecule has 5 nitrogen and oxygen atoms in total. The van der Waals surface area contributed by atoms with Crippen LogP contribution >= 0.6 is 15.9 Å². The van der Waals surface area contributed by atoms with E-state index in [1.54, 1.807) is 0 Å². The summed E-state index contributed by atoms with van der Waals surface area (Å²) in [6.07, 6.45) is 2.11. The van der Waals surface area contributed by atoms with Crippen LogP contribution in [0.4, 0.5) is 4.79 Å². The second-order valence-corrected chi connectivity index (χ2v) is 9.17. The molecule has 1 aliphatic heterocycles. The van der Waals surface area contributed by atoms with Crippen molar-refractivity contribution in [3.8, 4) is 0 Å². The van der Waals surface area contributed by atoms with Crippen molar-refractivity contribution < 1.29 is 14.3 Å². The smallest absolute Gasteiger partial charge is 0.407 e. The zero-order valence-electron chi connectivity index (χ0n) is 15.6. The van der Waals surface area contributed by atoms with Gasteiger partial charge in [0.2, 0.25) is 5.91 Å². The highest BCUT2D eigenvalue weighted by atomic mass is 79.9. The van der Waals surface area contributed by atoms with Gasteiger partial charge in [-0.2, -0.15) is 0 Å². The minimum Gasteiger partial charge on any atom is -0.444 e. The third kappa shape index (κ3) is 5.00. The summed E-state index contributed by atoms with van der Waals surface area (Å²) >= 11 is 3.50. The van der Waals surface area contributed by atoms with Crippen LogP contribution < -0.4 is 5.32 Å². The maximum Gasteiger partial charge on any atom is 0.407 e. The highest BCUT2D eigenvalue weighted by Crippen LogP contribution is 2.49. The van der Waals surface area contributed by atoms with E-state index in [-0.39, 0.29) is 24.0 Å². The second kappa shape index (κ2) is 7.59. The summed E-state index contributed by atoms with van der Waals surface area (Å²) in [6.45, 7) is 6.95. The number of hydrogen-bond donors (Lipinski definition) is 1. The lowest BCUT2D eigenvalue weighted by Gasteiger charge is -2.33. The summed E-state index contributed by atoms with van der Waals surface area (Å²) in [6, 6.07) is 8.31. The number of carbonyl (C=O) groups is 2. The number of halogens is 1. The molecule has 1 aliphatic carbocycles. The first-order valence-corrected chi connectivity index (χ1v) is 10.1. The van der Waals surface area contributed by atoms with Crippen LogP contribution in [0.2, 0.25) is 0 Å². The summed E-state index contributed by atoms with van der Waals surface area (Å²) in [5, 5.41) is 2.92. The molecule has 0 aromatic heterocycles. The van der Waals surface area contributed by atoms with Crippen LogP contribution in [0, 0.1) is 5.92 Å². The third-order valence-electron chi connectivity index (χ3n) is 4.91. The molecule has 1 N–H and O–H groups in total. The standard InChI is InChI=1S/C20H27BrN2O3/c1-20(2,3)26-19(25)22-15-7-9-23(10-8-15)18(24)17-12-16(17)13-5-4-6-14(21)11-13/h4-6,11,15-17H,7-10,12H2,1-3H3,(H,22,25). The predicted molar refractivity (Wildman–Crippen MR) is 104 cm³/mol. The Balaban J connectivity index is 1.45. The lowest BCUT2D eigenvalue weighted by molar-refractivity contribution is -0.133. The maximum atomic E-state index is 12.7. The van der Waals surface area contributed by atoms with Gasteiger partial charge in [0, 0.05) is 29.5 Å². The van der Waals surface area contributed by atoms with Gasteiger partial charge in [0.1, 0.15) is 5.60 Å². The van der Waals surface area contributed by atoms with E-state index in [1.165, 1.54) is 5.56 Å². The van der Waals surface area contributed by atoms with Crippen LogP contribution in [0.1, 0.15) is 51.5 Å². The van der Waals surface area contributed by atoms with Gasteiger partial charge in [0.05, 0.1) is 0 Å². The van der Waals surface area contributed by atoms with E-state index in [1.807, 2.05) is 37.8 Å². The monoisotopic (exact) mass is 422 g/mol. The van der Waals surface area contributed by atoms with Crippen LogP contribution in [0.25, 0.3) is 0 Å². The van der Waals surface area contributed by atoms with Crippen molar-refractivity contribution in [3.05, 3.63) is 34.3 Å². The van der Waals surface area contributed by atoms with Gasteiger partial charge in [0.25, 0.3) is 0 Å². The Hall–Kier alpha value is -1.56. The normalized spacial score (nSPS) is 23.5. The Labute approximate surface area is 163 Å². The number of alkyl carbamates (subject to hydrolysis) is 1. The SMILES string of the molecule is CC(C)(C)OC(=O)NC1CCN(C(=O)C2CC2c2cccc(Br)c2)CC1. The summed E-state index contributed by atoms with van der Waals surface area (Å²) in [5.74, 6) is 0.711. The highest BCUT2D eigenvalue weighted by molar-refractivity contribution is 9.10. The molecule has 0 bridgehead atoms. The summed E-state index contributed by atoms with van der Waals surface area (Å²) in [5.41, 5.74) is 0.743. The van der Waals surface area contributed by atoms with Crippen molar-refractivity contribution in [3.63, 3.8) is 0 Å². The number of carbonyl (C=O) groups excluding carboxylic acids is 2. The summed E-state index contributed by atoms with van der Waals surface area (Å²) < 4.78 is 6.36. The van der Waals surface area contributed by atoms with Gasteiger partial charge in [0.15, 0.2) is 0 Å². The minimum atomic E-state index is -0.492. The molecular weight excluding hydrogens is 396 g/mol. The molecule has 0 spiro atoms. The number of ether oxygens (including phenoxy) is 1. The van der Waals surface area contributed by atoms with Gasteiger partial charge >= 0.3 is 6.09 Å². The number of likely N-dealkylation sites (tertiary alicyclic amines) is 1. The molecule has 1 heterocycles. The summed E-state index contributed by atoms with van der Waals surface area (Å²) in [4.78, 5) is 26.6. The Morgan fingerprint density at radius 1 is 1.23 bits per heavy atom. The lowest BCUT2D eigenvalue weighted by atomic mass is 10.0. The van der Waals surface area contributed by atoms with Gasteiger partial charge in [-0.25, -0.2) is 4.79 Å². The van der Waals surface area contributed by atoms with E-state index in [0.717, 1.165) is 23.7 Å². The zero-order valence-corrected chi connectivity index (χ0v) is 17.2. The molecule has 3 rings (SSSR count). The fourth-order valence-corrected chi connectivity index (χ4v) is 3.94. The van der Waals surface area contributed by atoms with E-state index >= 15 is 0 Å². The molecule has 1 aromatic carbocycles. The van der Waals surface area contributed by atoms with Crippen molar-refractivity contribution in [2.24, 2.45) is 5.92 Å². The Morgan fingerprint density at radius 2 is 1.92 bits per heavy atom. The minimum absolute atomic E-state index is 0.0778. The molecule has 26 heavy (non-hydrogen) atoms. The van der Waals surface area contributed by atoms with Gasteiger partial charge in [-0.3, -0.25) is 4.79 Å². The number of hydrogen-bond acceptors (Lipinski definition) is 3. The quantitative estimate of drug-likeness (QED) is 0.798. The van der Waals surface area contributed by atoms with E-state index < -0.39 is 5.60 Å². The largest absolute Gasteiger partial charge is 0.444 e. The number of nitrogens with one attached hydrogen (secondary N) is 1. The van der Waals surface area contributed by atoms with Crippen LogP contribution in [0.15, 0.2) is 28.7 Å². The fraction of sp³-hybridized carbons (Fsp3) is 0.600. The van der Waals surface area contributed by atoms with Crippen molar-refractivity contribution in [2.45, 2.75) is 57.6 Å². The molecule has 2 unspecified atom stereocenters. The van der Waals surface area contributed by atoms with Crippen LogP contribution in [-0.2, 0) is 9.53 Å². The fourth-order valence-electron chi connectivity index (χ4n) is 3.53. The van der Waals surface area contributed by atoms with Crippen LogP contribution in [0.5, 0.6) is 0 Å². The first kappa shape index (κ1) is 19.2. The molecule has 1 saturated carbocycles. The topological polar surface area (TPSA) is 58.6 Å². The number of benzene rings is 1. The van der Waals surface area contributed by atoms with Crippen LogP contribution in [0.3, 0.4) is 0 Å². The van der Waals surface area contributed by atoms with Gasteiger partial charge in [-0.1, -0.05) is 28.1 Å². The molecule has 6 heteroatoms. The highest BCUT2D eigenvalue weighted by Gasteiger charge is 2.46. The van der Waals surface area contributed by atoms with Crippen molar-refractivity contribution >= 4 is 27.9 Å². The van der Waals surface area contributed by atoms with E-state index in [4.69, 9.17) is 4.74 Å². The third-order valence-corrected chi connectivity index (χ3v) is 5.41. The summed E-state index contributed by atoms with van der Waals surface area (Å²) in [7, 11) is 0. The van der Waals surface area contributed by atoms with E-state index in [2.05, 4.69) is 33.4 Å². The maximum absolute atomic E-state index is 12.7. The molecule has 142 valence electrons. The number of amides is 2. The molecule has 2 atom stereocenters. The predicted octanol–water partition coefficient (Wildman–Crippen LogP) is 4.07. The number of rotatable bonds is 3. The number of piperidine rings is 1. The Morgan fingerprint density at radius 3 is 2.54 bits per heavy atom. The second-order valence-electron chi connectivity index (χ2n) is 8.25. The number of nitrogens with zero attached hydrogens (tertiary/aromatic N) is 1. The van der Waals surface area contributed by atoms with Gasteiger partial charge in [-0.15, -0.1) is 0 Å². The lowest BCUT2D eigenvalue weighted by Crippen LogP contribution is -2.48. The first-order valence-electron chi connectivity index (χ1n) is 9.27. The molecule has 1 saturated heterocycles. The average molecular weight is 423 g/mol. The van der Waals surface area contributed by atoms with Crippen molar-refractivity contribution in [1.82, 2.24) is 10.2 Å². The molecule has 2 fully saturated rings. The zero-order chi connectivity index (χ0) is 18.9. The van der Waals surface area contributed by atoms with Crippen molar-refractivity contribution in [2.75, 3.05) is 13.1 Å². The van der Waals surface area contributed by atoms with E-state index in [9.17, 15) is 9.59 Å². The van der Waals surface area contributed by atoms with Crippen molar-refractivity contribution in [1.29, 1.82) is 0 Å². The van der Waals surface area contributed by atoms with E-state index in [0.29, 0.717) is 19.0 Å². The van der Waals surface area contributed by atoms with Gasteiger partial charge < -0.3 is 15.0 Å². The Bertz CT molecular complexity index is 678. The molecule has 0 radical (unpaired) electrons. The molecular formula is C20H27BrN2O3. The molecule has 2 amide bonds. The first-order chi connectivity index (χ1) is 12.2. The molecule has 1 aromatic rings. The average Bonchev–Trinajstić information content (AvgIpc) is 3.34. The van der Waals surface area contributed by atoms with Crippen LogP contribution in [-0.4, -0.2) is 41.6 Å². The molecule has 2 aliphatic rings. The Kier molecular flexibility index (Phi) is 5.61.